The minimum absolute atomic E-state index is 0.0176. The summed E-state index contributed by atoms with van der Waals surface area (Å²) in [6.07, 6.45) is 2.03. The van der Waals surface area contributed by atoms with Crippen molar-refractivity contribution < 1.29 is 9.59 Å². The molecule has 142 valence electrons. The van der Waals surface area contributed by atoms with E-state index in [1.54, 1.807) is 11.3 Å². The Morgan fingerprint density at radius 2 is 2.11 bits per heavy atom. The Bertz CT molecular complexity index is 1050. The van der Waals surface area contributed by atoms with E-state index in [1.807, 2.05) is 41.3 Å². The number of nitrogens with one attached hydrogen (secondary N) is 1. The number of fused-ring (bicyclic) bond motifs is 2. The van der Waals surface area contributed by atoms with Gasteiger partial charge in [-0.05, 0) is 43.2 Å². The van der Waals surface area contributed by atoms with Gasteiger partial charge in [0.05, 0.1) is 26.7 Å². The van der Waals surface area contributed by atoms with Crippen molar-refractivity contribution in [2.45, 2.75) is 23.7 Å². The lowest BCUT2D eigenvalue weighted by Crippen LogP contribution is -2.39. The van der Waals surface area contributed by atoms with Crippen LogP contribution in [0.2, 0.25) is 0 Å². The summed E-state index contributed by atoms with van der Waals surface area (Å²) in [6, 6.07) is 13.8. The molecule has 3 aromatic rings. The van der Waals surface area contributed by atoms with Crippen LogP contribution >= 0.6 is 23.1 Å². The average Bonchev–Trinajstić information content (AvgIpc) is 3.17. The van der Waals surface area contributed by atoms with Crippen molar-refractivity contribution in [2.24, 2.45) is 0 Å². The highest BCUT2D eigenvalue weighted by molar-refractivity contribution is 8.00. The molecule has 0 saturated carbocycles. The van der Waals surface area contributed by atoms with E-state index in [0.29, 0.717) is 17.9 Å². The standard InChI is InChI=1S/C21H19N3O2S2/c25-19-12-27-17-8-7-13(10-16(17)22-19)21(26)24-9-3-4-14(11-24)20-23-15-5-1-2-6-18(15)28-20/h1-2,5-8,10,14H,3-4,9,11-12H2,(H,22,25)/t14-/m0/s1. The lowest BCUT2D eigenvalue weighted by molar-refractivity contribution is -0.113. The molecule has 0 spiro atoms. The monoisotopic (exact) mass is 409 g/mol. The Hall–Kier alpha value is -2.38. The van der Waals surface area contributed by atoms with Gasteiger partial charge in [0.2, 0.25) is 5.91 Å². The molecule has 5 rings (SSSR count). The largest absolute Gasteiger partial charge is 0.338 e. The van der Waals surface area contributed by atoms with Gasteiger partial charge in [0.1, 0.15) is 0 Å². The second-order valence-electron chi connectivity index (χ2n) is 7.16. The summed E-state index contributed by atoms with van der Waals surface area (Å²) in [5.41, 5.74) is 2.41. The molecule has 7 heteroatoms. The first-order valence-corrected chi connectivity index (χ1v) is 11.2. The van der Waals surface area contributed by atoms with Gasteiger partial charge >= 0.3 is 0 Å². The first kappa shape index (κ1) is 17.7. The van der Waals surface area contributed by atoms with Crippen LogP contribution in [0.5, 0.6) is 0 Å². The van der Waals surface area contributed by atoms with Crippen molar-refractivity contribution in [3.05, 3.63) is 53.0 Å². The van der Waals surface area contributed by atoms with E-state index >= 15 is 0 Å². The summed E-state index contributed by atoms with van der Waals surface area (Å²) >= 11 is 3.24. The van der Waals surface area contributed by atoms with Crippen molar-refractivity contribution in [1.29, 1.82) is 0 Å². The molecule has 2 aromatic carbocycles. The number of piperidine rings is 1. The number of hydrogen-bond acceptors (Lipinski definition) is 5. The van der Waals surface area contributed by atoms with Crippen molar-refractivity contribution in [3.63, 3.8) is 0 Å². The van der Waals surface area contributed by atoms with Gasteiger partial charge in [-0.25, -0.2) is 4.98 Å². The van der Waals surface area contributed by atoms with Gasteiger partial charge in [-0.1, -0.05) is 12.1 Å². The number of nitrogens with zero attached hydrogens (tertiary/aromatic N) is 2. The highest BCUT2D eigenvalue weighted by Gasteiger charge is 2.28. The highest BCUT2D eigenvalue weighted by Crippen LogP contribution is 2.35. The maximum atomic E-state index is 13.1. The summed E-state index contributed by atoms with van der Waals surface area (Å²) in [6.45, 7) is 1.45. The molecule has 1 aromatic heterocycles. The van der Waals surface area contributed by atoms with E-state index in [0.717, 1.165) is 40.5 Å². The second kappa shape index (κ2) is 7.22. The van der Waals surface area contributed by atoms with Crippen LogP contribution in [0.3, 0.4) is 0 Å². The zero-order chi connectivity index (χ0) is 19.1. The number of hydrogen-bond donors (Lipinski definition) is 1. The summed E-state index contributed by atoms with van der Waals surface area (Å²) in [4.78, 5) is 32.5. The van der Waals surface area contributed by atoms with E-state index in [1.165, 1.54) is 16.5 Å². The number of thiazole rings is 1. The second-order valence-corrected chi connectivity index (χ2v) is 9.24. The maximum Gasteiger partial charge on any atom is 0.253 e. The average molecular weight is 410 g/mol. The SMILES string of the molecule is O=C1CSc2ccc(C(=O)N3CCC[C@H](c4nc5ccccc5s4)C3)cc2N1. The van der Waals surface area contributed by atoms with Crippen LogP contribution in [0.15, 0.2) is 47.4 Å². The van der Waals surface area contributed by atoms with E-state index in [-0.39, 0.29) is 17.7 Å². The van der Waals surface area contributed by atoms with Gasteiger partial charge in [0, 0.05) is 29.5 Å². The molecule has 0 unspecified atom stereocenters. The van der Waals surface area contributed by atoms with Crippen LogP contribution in [-0.4, -0.2) is 40.5 Å². The molecule has 2 amide bonds. The first-order chi connectivity index (χ1) is 13.7. The molecular weight excluding hydrogens is 390 g/mol. The molecule has 0 bridgehead atoms. The summed E-state index contributed by atoms with van der Waals surface area (Å²) < 4.78 is 1.20. The van der Waals surface area contributed by atoms with Crippen molar-refractivity contribution in [1.82, 2.24) is 9.88 Å². The smallest absolute Gasteiger partial charge is 0.253 e. The molecule has 0 aliphatic carbocycles. The number of carbonyl (C=O) groups excluding carboxylic acids is 2. The van der Waals surface area contributed by atoms with Gasteiger partial charge in [0.15, 0.2) is 0 Å². The topological polar surface area (TPSA) is 62.3 Å². The first-order valence-electron chi connectivity index (χ1n) is 9.39. The van der Waals surface area contributed by atoms with E-state index in [4.69, 9.17) is 4.98 Å². The van der Waals surface area contributed by atoms with Gasteiger partial charge in [-0.2, -0.15) is 0 Å². The number of rotatable bonds is 2. The van der Waals surface area contributed by atoms with Crippen LogP contribution in [0.1, 0.15) is 34.1 Å². The Kier molecular flexibility index (Phi) is 4.56. The van der Waals surface area contributed by atoms with Crippen molar-refractivity contribution in [2.75, 3.05) is 24.2 Å². The number of thioether (sulfide) groups is 1. The van der Waals surface area contributed by atoms with Gasteiger partial charge in [0.25, 0.3) is 5.91 Å². The van der Waals surface area contributed by atoms with Crippen LogP contribution in [-0.2, 0) is 4.79 Å². The molecule has 2 aliphatic heterocycles. The molecule has 5 nitrogen and oxygen atoms in total. The van der Waals surface area contributed by atoms with E-state index < -0.39 is 0 Å². The van der Waals surface area contributed by atoms with Crippen LogP contribution < -0.4 is 5.32 Å². The number of para-hydroxylation sites is 1. The molecule has 1 atom stereocenters. The predicted molar refractivity (Wildman–Crippen MR) is 113 cm³/mol. The van der Waals surface area contributed by atoms with Crippen molar-refractivity contribution >= 4 is 50.8 Å². The van der Waals surface area contributed by atoms with Gasteiger partial charge in [-0.3, -0.25) is 9.59 Å². The fourth-order valence-corrected chi connectivity index (χ4v) is 5.71. The van der Waals surface area contributed by atoms with Crippen LogP contribution in [0, 0.1) is 0 Å². The predicted octanol–water partition coefficient (Wildman–Crippen LogP) is 4.36. The normalized spacial score (nSPS) is 19.4. The maximum absolute atomic E-state index is 13.1. The molecule has 3 heterocycles. The minimum Gasteiger partial charge on any atom is -0.338 e. The van der Waals surface area contributed by atoms with Crippen LogP contribution in [0.25, 0.3) is 10.2 Å². The zero-order valence-corrected chi connectivity index (χ0v) is 16.8. The van der Waals surface area contributed by atoms with E-state index in [2.05, 4.69) is 11.4 Å². The molecule has 28 heavy (non-hydrogen) atoms. The highest BCUT2D eigenvalue weighted by atomic mass is 32.2. The van der Waals surface area contributed by atoms with Crippen LogP contribution in [0.4, 0.5) is 5.69 Å². The number of anilines is 1. The quantitative estimate of drug-likeness (QED) is 0.683. The lowest BCUT2D eigenvalue weighted by atomic mass is 9.98. The van der Waals surface area contributed by atoms with Gasteiger partial charge in [-0.15, -0.1) is 23.1 Å². The molecule has 1 saturated heterocycles. The number of carbonyl (C=O) groups is 2. The molecule has 1 fully saturated rings. The van der Waals surface area contributed by atoms with E-state index in [9.17, 15) is 9.59 Å². The number of benzene rings is 2. The zero-order valence-electron chi connectivity index (χ0n) is 15.2. The molecular formula is C21H19N3O2S2. The third-order valence-electron chi connectivity index (χ3n) is 5.23. The molecule has 0 radical (unpaired) electrons. The minimum atomic E-state index is -0.0176. The summed E-state index contributed by atoms with van der Waals surface area (Å²) in [5, 5.41) is 3.99. The fraction of sp³-hybridized carbons (Fsp3) is 0.286. The Morgan fingerprint density at radius 3 is 3.00 bits per heavy atom. The Balaban J connectivity index is 1.36. The summed E-state index contributed by atoms with van der Waals surface area (Å²) in [7, 11) is 0. The molecule has 1 N–H and O–H groups in total. The summed E-state index contributed by atoms with van der Waals surface area (Å²) in [5.74, 6) is 0.716. The number of amides is 2. The Morgan fingerprint density at radius 1 is 1.21 bits per heavy atom. The third-order valence-corrected chi connectivity index (χ3v) is 7.50. The number of likely N-dealkylation sites (tertiary alicyclic amines) is 1. The Labute approximate surface area is 171 Å². The molecule has 2 aliphatic rings. The lowest BCUT2D eigenvalue weighted by Gasteiger charge is -2.32. The number of aromatic nitrogens is 1. The van der Waals surface area contributed by atoms with Gasteiger partial charge < -0.3 is 10.2 Å². The third kappa shape index (κ3) is 3.29. The fourth-order valence-electron chi connectivity index (χ4n) is 3.83. The van der Waals surface area contributed by atoms with Crippen molar-refractivity contribution in [3.8, 4) is 0 Å².